The van der Waals surface area contributed by atoms with Gasteiger partial charge in [-0.15, -0.1) is 0 Å². The molecule has 58 valence electrons. The van der Waals surface area contributed by atoms with Crippen molar-refractivity contribution in [1.29, 1.82) is 0 Å². The van der Waals surface area contributed by atoms with Gasteiger partial charge in [0.2, 0.25) is 6.33 Å². The number of H-pyrrole nitrogens is 1. The first-order valence-corrected chi connectivity index (χ1v) is 2.67. The molecule has 0 saturated carbocycles. The number of aromatic amines is 1. The summed E-state index contributed by atoms with van der Waals surface area (Å²) < 4.78 is 1.64. The number of aliphatic hydroxyl groups excluding tert-OH is 1. The van der Waals surface area contributed by atoms with Crippen molar-refractivity contribution in [3.8, 4) is 0 Å². The summed E-state index contributed by atoms with van der Waals surface area (Å²) in [5, 5.41) is 16.9. The van der Waals surface area contributed by atoms with Crippen LogP contribution in [0.2, 0.25) is 0 Å². The fourth-order valence-electron chi connectivity index (χ4n) is 0.623. The molecular weight excluding hydrogens is 136 g/mol. The molecular formula is C5H10N2O3. The van der Waals surface area contributed by atoms with Crippen molar-refractivity contribution >= 4 is 0 Å². The van der Waals surface area contributed by atoms with E-state index in [1.807, 2.05) is 0 Å². The highest BCUT2D eigenvalue weighted by Crippen LogP contribution is 1.74. The number of hydrogen-bond acceptors (Lipinski definition) is 3. The number of imidazole rings is 1. The molecule has 1 heterocycles. The molecule has 0 atom stereocenters. The van der Waals surface area contributed by atoms with E-state index in [-0.39, 0.29) is 12.0 Å². The first-order valence-electron chi connectivity index (χ1n) is 2.67. The van der Waals surface area contributed by atoms with E-state index in [4.69, 9.17) is 10.2 Å². The van der Waals surface area contributed by atoms with Crippen LogP contribution in [0.5, 0.6) is 0 Å². The normalized spacial score (nSPS) is 9.50. The van der Waals surface area contributed by atoms with Gasteiger partial charge >= 0.3 is 0 Å². The second kappa shape index (κ2) is 3.99. The third-order valence-electron chi connectivity index (χ3n) is 0.977. The summed E-state index contributed by atoms with van der Waals surface area (Å²) in [6.07, 6.45) is 3.81. The van der Waals surface area contributed by atoms with Crippen molar-refractivity contribution in [2.75, 3.05) is 0 Å². The van der Waals surface area contributed by atoms with Gasteiger partial charge in [0.05, 0.1) is 0 Å². The Labute approximate surface area is 57.9 Å². The van der Waals surface area contributed by atoms with Gasteiger partial charge in [-0.2, -0.15) is 0 Å². The van der Waals surface area contributed by atoms with E-state index in [2.05, 4.69) is 4.98 Å². The summed E-state index contributed by atoms with van der Waals surface area (Å²) >= 11 is 0. The SMILES string of the molecule is OC(O)C[n+]1cc[nH]c1.[OH-]. The fourth-order valence-corrected chi connectivity index (χ4v) is 0.623. The number of nitrogens with zero attached hydrogens (tertiary/aromatic N) is 1. The minimum atomic E-state index is -1.27. The molecule has 5 nitrogen and oxygen atoms in total. The van der Waals surface area contributed by atoms with Crippen LogP contribution in [0.1, 0.15) is 0 Å². The van der Waals surface area contributed by atoms with E-state index >= 15 is 0 Å². The molecule has 10 heavy (non-hydrogen) atoms. The molecule has 0 radical (unpaired) electrons. The van der Waals surface area contributed by atoms with Crippen LogP contribution in [0.4, 0.5) is 0 Å². The van der Waals surface area contributed by atoms with E-state index in [9.17, 15) is 0 Å². The van der Waals surface area contributed by atoms with Gasteiger partial charge in [0.15, 0.2) is 6.29 Å². The maximum atomic E-state index is 8.44. The standard InChI is InChI=1S/C5H8N2O2.H2O/c8-5(9)3-7-2-1-6-4-7;/h1-2,4-5,8-9H,3H2;1H2. The number of aliphatic hydroxyl groups is 2. The highest BCUT2D eigenvalue weighted by Gasteiger charge is 2.01. The lowest BCUT2D eigenvalue weighted by Crippen LogP contribution is -2.37. The summed E-state index contributed by atoms with van der Waals surface area (Å²) in [6, 6.07) is 0. The van der Waals surface area contributed by atoms with Gasteiger partial charge in [-0.05, 0) is 0 Å². The Hall–Kier alpha value is -0.910. The van der Waals surface area contributed by atoms with Crippen LogP contribution in [0.3, 0.4) is 0 Å². The maximum absolute atomic E-state index is 8.44. The van der Waals surface area contributed by atoms with Gasteiger partial charge in [0.25, 0.3) is 0 Å². The number of nitrogens with one attached hydrogen (secondary N) is 1. The van der Waals surface area contributed by atoms with E-state index < -0.39 is 6.29 Å². The molecule has 4 N–H and O–H groups in total. The first-order chi connectivity index (χ1) is 4.29. The highest BCUT2D eigenvalue weighted by molar-refractivity contribution is 4.55. The van der Waals surface area contributed by atoms with Crippen LogP contribution in [0.15, 0.2) is 18.7 Å². The van der Waals surface area contributed by atoms with Crippen molar-refractivity contribution in [2.45, 2.75) is 12.8 Å². The van der Waals surface area contributed by atoms with E-state index in [0.717, 1.165) is 0 Å². The zero-order valence-corrected chi connectivity index (χ0v) is 5.31. The van der Waals surface area contributed by atoms with Crippen molar-refractivity contribution in [1.82, 2.24) is 4.98 Å². The molecule has 1 rings (SSSR count). The number of aromatic nitrogens is 2. The molecule has 0 bridgehead atoms. The van der Waals surface area contributed by atoms with Gasteiger partial charge in [0, 0.05) is 0 Å². The summed E-state index contributed by atoms with van der Waals surface area (Å²) in [6.45, 7) is 0.212. The lowest BCUT2D eigenvalue weighted by molar-refractivity contribution is -0.708. The topological polar surface area (TPSA) is 90.1 Å². The molecule has 0 unspecified atom stereocenters. The average molecular weight is 146 g/mol. The zero-order valence-electron chi connectivity index (χ0n) is 5.31. The van der Waals surface area contributed by atoms with Gasteiger partial charge in [-0.25, -0.2) is 4.57 Å². The minimum absolute atomic E-state index is 0. The van der Waals surface area contributed by atoms with E-state index in [1.165, 1.54) is 0 Å². The first kappa shape index (κ1) is 9.09. The predicted octanol–water partition coefficient (Wildman–Crippen LogP) is -1.56. The van der Waals surface area contributed by atoms with Crippen LogP contribution in [-0.2, 0) is 6.54 Å². The van der Waals surface area contributed by atoms with Crippen molar-refractivity contribution in [3.05, 3.63) is 18.7 Å². The third kappa shape index (κ3) is 2.58. The predicted molar refractivity (Wildman–Crippen MR) is 31.1 cm³/mol. The highest BCUT2D eigenvalue weighted by atomic mass is 16.5. The molecule has 0 aliphatic rings. The molecule has 0 amide bonds. The second-order valence-electron chi connectivity index (χ2n) is 1.79. The Kier molecular flexibility index (Phi) is 3.63. The van der Waals surface area contributed by atoms with Crippen LogP contribution in [0, 0.1) is 0 Å². The summed E-state index contributed by atoms with van der Waals surface area (Å²) in [7, 11) is 0. The van der Waals surface area contributed by atoms with Crippen LogP contribution >= 0.6 is 0 Å². The maximum Gasteiger partial charge on any atom is 0.241 e. The minimum Gasteiger partial charge on any atom is -0.870 e. The smallest absolute Gasteiger partial charge is 0.241 e. The molecule has 0 spiro atoms. The van der Waals surface area contributed by atoms with Crippen molar-refractivity contribution in [3.63, 3.8) is 0 Å². The summed E-state index contributed by atoms with van der Waals surface area (Å²) in [4.78, 5) is 2.78. The van der Waals surface area contributed by atoms with Crippen LogP contribution < -0.4 is 4.57 Å². The van der Waals surface area contributed by atoms with Gasteiger partial charge in [-0.1, -0.05) is 0 Å². The molecule has 0 aliphatic carbocycles. The number of rotatable bonds is 2. The van der Waals surface area contributed by atoms with Gasteiger partial charge in [0.1, 0.15) is 18.9 Å². The summed E-state index contributed by atoms with van der Waals surface area (Å²) in [5.74, 6) is 0. The summed E-state index contributed by atoms with van der Waals surface area (Å²) in [5.41, 5.74) is 0. The lowest BCUT2D eigenvalue weighted by Gasteiger charge is -1.96. The molecule has 0 saturated heterocycles. The molecule has 0 fully saturated rings. The van der Waals surface area contributed by atoms with E-state index in [0.29, 0.717) is 0 Å². The third-order valence-corrected chi connectivity index (χ3v) is 0.977. The lowest BCUT2D eigenvalue weighted by atomic mass is 10.6. The van der Waals surface area contributed by atoms with Crippen LogP contribution in [-0.4, -0.2) is 27.0 Å². The Morgan fingerprint density at radius 3 is 2.60 bits per heavy atom. The fraction of sp³-hybridized carbons (Fsp3) is 0.400. The van der Waals surface area contributed by atoms with Gasteiger partial charge in [-0.3, -0.25) is 4.98 Å². The van der Waals surface area contributed by atoms with Crippen molar-refractivity contribution in [2.24, 2.45) is 0 Å². The Balaban J connectivity index is 0.000000810. The Morgan fingerprint density at radius 1 is 1.50 bits per heavy atom. The van der Waals surface area contributed by atoms with Crippen molar-refractivity contribution < 1.29 is 20.3 Å². The zero-order chi connectivity index (χ0) is 6.69. The molecule has 1 aromatic heterocycles. The average Bonchev–Trinajstić information content (AvgIpc) is 2.15. The Bertz CT molecular complexity index is 161. The Morgan fingerprint density at radius 2 is 2.20 bits per heavy atom. The quantitative estimate of drug-likeness (QED) is 0.348. The largest absolute Gasteiger partial charge is 0.870 e. The molecule has 0 aliphatic heterocycles. The molecule has 5 heteroatoms. The molecule has 1 aromatic rings. The monoisotopic (exact) mass is 146 g/mol. The number of hydrogen-bond donors (Lipinski definition) is 3. The van der Waals surface area contributed by atoms with E-state index in [1.54, 1.807) is 23.3 Å². The van der Waals surface area contributed by atoms with Gasteiger partial charge < -0.3 is 15.7 Å². The molecule has 0 aromatic carbocycles. The second-order valence-corrected chi connectivity index (χ2v) is 1.79. The van der Waals surface area contributed by atoms with Crippen LogP contribution in [0.25, 0.3) is 0 Å².